The Morgan fingerprint density at radius 3 is 2.95 bits per heavy atom. The Kier molecular flexibility index (Phi) is 5.71. The standard InChI is InChI=1S/C13H24N4O2S/c1-3-6-16-12(8-18)14-17(13(16)20)10-15-7-4-5-11(15)9-19-2/h11,18H,3-10H2,1-2H3. The lowest BCUT2D eigenvalue weighted by molar-refractivity contribution is 0.0936. The average molecular weight is 300 g/mol. The molecule has 0 amide bonds. The van der Waals surface area contributed by atoms with Gasteiger partial charge in [-0.1, -0.05) is 6.92 Å². The fourth-order valence-electron chi connectivity index (χ4n) is 2.78. The maximum Gasteiger partial charge on any atom is 0.199 e. The molecule has 0 aliphatic carbocycles. The van der Waals surface area contributed by atoms with Gasteiger partial charge in [-0.3, -0.25) is 4.90 Å². The van der Waals surface area contributed by atoms with Crippen molar-refractivity contribution in [2.45, 2.75) is 52.0 Å². The molecule has 1 saturated heterocycles. The van der Waals surface area contributed by atoms with E-state index in [-0.39, 0.29) is 6.61 Å². The van der Waals surface area contributed by atoms with Crippen molar-refractivity contribution in [1.82, 2.24) is 19.2 Å². The average Bonchev–Trinajstić information content (AvgIpc) is 2.99. The zero-order valence-electron chi connectivity index (χ0n) is 12.3. The normalized spacial score (nSPS) is 19.9. The number of aliphatic hydroxyl groups excluding tert-OH is 1. The van der Waals surface area contributed by atoms with E-state index in [9.17, 15) is 5.11 Å². The van der Waals surface area contributed by atoms with Crippen LogP contribution in [0.3, 0.4) is 0 Å². The van der Waals surface area contributed by atoms with Crippen LogP contribution in [0, 0.1) is 4.77 Å². The van der Waals surface area contributed by atoms with Crippen molar-refractivity contribution >= 4 is 12.2 Å². The second-order valence-electron chi connectivity index (χ2n) is 5.21. The Hall–Kier alpha value is -0.760. The van der Waals surface area contributed by atoms with Crippen LogP contribution in [-0.4, -0.2) is 50.7 Å². The number of likely N-dealkylation sites (tertiary alicyclic amines) is 1. The molecule has 1 atom stereocenters. The van der Waals surface area contributed by atoms with E-state index in [1.807, 2.05) is 9.25 Å². The van der Waals surface area contributed by atoms with Gasteiger partial charge >= 0.3 is 0 Å². The van der Waals surface area contributed by atoms with Gasteiger partial charge in [-0.15, -0.1) is 0 Å². The van der Waals surface area contributed by atoms with Gasteiger partial charge in [-0.2, -0.15) is 5.10 Å². The van der Waals surface area contributed by atoms with E-state index in [0.29, 0.717) is 23.3 Å². The second-order valence-corrected chi connectivity index (χ2v) is 5.58. The van der Waals surface area contributed by atoms with Crippen molar-refractivity contribution < 1.29 is 9.84 Å². The molecule has 1 N–H and O–H groups in total. The summed E-state index contributed by atoms with van der Waals surface area (Å²) in [5.41, 5.74) is 0. The quantitative estimate of drug-likeness (QED) is 0.771. The van der Waals surface area contributed by atoms with Crippen LogP contribution in [0.5, 0.6) is 0 Å². The number of methoxy groups -OCH3 is 1. The molecule has 114 valence electrons. The van der Waals surface area contributed by atoms with Crippen LogP contribution in [-0.2, 0) is 24.6 Å². The molecule has 0 saturated carbocycles. The molecule has 1 aromatic heterocycles. The molecule has 1 aromatic rings. The van der Waals surface area contributed by atoms with Crippen LogP contribution in [0.15, 0.2) is 0 Å². The highest BCUT2D eigenvalue weighted by molar-refractivity contribution is 7.71. The summed E-state index contributed by atoms with van der Waals surface area (Å²) >= 11 is 5.48. The summed E-state index contributed by atoms with van der Waals surface area (Å²) in [5, 5.41) is 13.9. The van der Waals surface area contributed by atoms with Crippen LogP contribution in [0.2, 0.25) is 0 Å². The van der Waals surface area contributed by atoms with Crippen molar-refractivity contribution in [2.75, 3.05) is 20.3 Å². The van der Waals surface area contributed by atoms with Crippen LogP contribution in [0.25, 0.3) is 0 Å². The van der Waals surface area contributed by atoms with Crippen molar-refractivity contribution in [3.63, 3.8) is 0 Å². The molecule has 1 aliphatic heterocycles. The highest BCUT2D eigenvalue weighted by Gasteiger charge is 2.25. The zero-order valence-corrected chi connectivity index (χ0v) is 13.1. The number of aromatic nitrogens is 3. The number of rotatable bonds is 7. The summed E-state index contributed by atoms with van der Waals surface area (Å²) in [5.74, 6) is 0.652. The molecule has 20 heavy (non-hydrogen) atoms. The molecule has 0 radical (unpaired) electrons. The third-order valence-corrected chi connectivity index (χ3v) is 4.19. The minimum Gasteiger partial charge on any atom is -0.388 e. The van der Waals surface area contributed by atoms with Crippen LogP contribution < -0.4 is 0 Å². The van der Waals surface area contributed by atoms with E-state index < -0.39 is 0 Å². The highest BCUT2D eigenvalue weighted by Crippen LogP contribution is 2.18. The summed E-state index contributed by atoms with van der Waals surface area (Å²) in [6.07, 6.45) is 3.32. The summed E-state index contributed by atoms with van der Waals surface area (Å²) in [4.78, 5) is 2.35. The van der Waals surface area contributed by atoms with Crippen LogP contribution in [0.4, 0.5) is 0 Å². The zero-order chi connectivity index (χ0) is 14.5. The fourth-order valence-corrected chi connectivity index (χ4v) is 3.07. The van der Waals surface area contributed by atoms with Crippen molar-refractivity contribution in [1.29, 1.82) is 0 Å². The minimum absolute atomic E-state index is 0.0713. The third-order valence-electron chi connectivity index (χ3n) is 3.76. The van der Waals surface area contributed by atoms with E-state index >= 15 is 0 Å². The van der Waals surface area contributed by atoms with E-state index in [1.54, 1.807) is 7.11 Å². The lowest BCUT2D eigenvalue weighted by Gasteiger charge is -2.23. The van der Waals surface area contributed by atoms with E-state index in [0.717, 1.165) is 32.5 Å². The molecule has 6 nitrogen and oxygen atoms in total. The first-order valence-electron chi connectivity index (χ1n) is 7.21. The Morgan fingerprint density at radius 1 is 1.50 bits per heavy atom. The minimum atomic E-state index is -0.0713. The van der Waals surface area contributed by atoms with Crippen molar-refractivity contribution in [3.05, 3.63) is 10.6 Å². The largest absolute Gasteiger partial charge is 0.388 e. The van der Waals surface area contributed by atoms with Crippen LogP contribution >= 0.6 is 12.2 Å². The first-order chi connectivity index (χ1) is 9.71. The predicted octanol–water partition coefficient (Wildman–Crippen LogP) is 1.38. The second kappa shape index (κ2) is 7.31. The fraction of sp³-hybridized carbons (Fsp3) is 0.846. The number of aliphatic hydroxyl groups is 1. The van der Waals surface area contributed by atoms with Gasteiger partial charge in [-0.05, 0) is 31.5 Å². The first kappa shape index (κ1) is 15.6. The molecule has 0 spiro atoms. The van der Waals surface area contributed by atoms with Crippen LogP contribution in [0.1, 0.15) is 32.0 Å². The molecule has 7 heteroatoms. The summed E-state index contributed by atoms with van der Waals surface area (Å²) in [6, 6.07) is 0.441. The van der Waals surface area contributed by atoms with Gasteiger partial charge in [0.05, 0.1) is 13.3 Å². The van der Waals surface area contributed by atoms with Gasteiger partial charge < -0.3 is 14.4 Å². The third kappa shape index (κ3) is 3.28. The number of hydrogen-bond donors (Lipinski definition) is 1. The van der Waals surface area contributed by atoms with Gasteiger partial charge in [0.2, 0.25) is 0 Å². The first-order valence-corrected chi connectivity index (χ1v) is 7.62. The van der Waals surface area contributed by atoms with E-state index in [4.69, 9.17) is 17.0 Å². The van der Waals surface area contributed by atoms with Crippen molar-refractivity contribution in [3.8, 4) is 0 Å². The number of ether oxygens (including phenoxy) is 1. The molecular formula is C13H24N4O2S. The van der Waals surface area contributed by atoms with Crippen molar-refractivity contribution in [2.24, 2.45) is 0 Å². The van der Waals surface area contributed by atoms with Gasteiger partial charge in [0.1, 0.15) is 6.61 Å². The molecule has 2 rings (SSSR count). The van der Waals surface area contributed by atoms with Gasteiger partial charge in [0.25, 0.3) is 0 Å². The number of nitrogens with zero attached hydrogens (tertiary/aromatic N) is 4. The SMILES string of the molecule is CCCn1c(CO)nn(CN2CCCC2COC)c1=S. The smallest absolute Gasteiger partial charge is 0.199 e. The van der Waals surface area contributed by atoms with Gasteiger partial charge in [0.15, 0.2) is 10.6 Å². The molecule has 1 fully saturated rings. The summed E-state index contributed by atoms with van der Waals surface area (Å²) in [6.45, 7) is 5.29. The predicted molar refractivity (Wildman–Crippen MR) is 78.9 cm³/mol. The molecule has 1 unspecified atom stereocenters. The molecule has 1 aliphatic rings. The molecular weight excluding hydrogens is 276 g/mol. The lowest BCUT2D eigenvalue weighted by atomic mass is 10.2. The van der Waals surface area contributed by atoms with Gasteiger partial charge in [-0.25, -0.2) is 4.68 Å². The van der Waals surface area contributed by atoms with E-state index in [2.05, 4.69) is 16.9 Å². The number of hydrogen-bond acceptors (Lipinski definition) is 5. The Morgan fingerprint density at radius 2 is 2.30 bits per heavy atom. The maximum atomic E-state index is 9.40. The van der Waals surface area contributed by atoms with E-state index in [1.165, 1.54) is 6.42 Å². The Bertz CT molecular complexity index is 485. The lowest BCUT2D eigenvalue weighted by Crippen LogP contribution is -2.35. The Balaban J connectivity index is 2.15. The monoisotopic (exact) mass is 300 g/mol. The molecule has 2 heterocycles. The summed E-state index contributed by atoms with van der Waals surface area (Å²) < 4.78 is 9.71. The molecule has 0 aromatic carbocycles. The maximum absolute atomic E-state index is 9.40. The highest BCUT2D eigenvalue weighted by atomic mass is 32.1. The summed E-state index contributed by atoms with van der Waals surface area (Å²) in [7, 11) is 1.74. The topological polar surface area (TPSA) is 55.5 Å². The molecule has 0 bridgehead atoms. The van der Waals surface area contributed by atoms with Gasteiger partial charge in [0, 0.05) is 26.2 Å². The Labute approximate surface area is 125 Å².